The van der Waals surface area contributed by atoms with Crippen LogP contribution in [0, 0.1) is 10.8 Å². The average molecular weight is 354 g/mol. The van der Waals surface area contributed by atoms with E-state index >= 15 is 0 Å². The molecule has 3 rings (SSSR count). The molecule has 2 atom stereocenters. The largest absolute Gasteiger partial charge is 0.316 e. The van der Waals surface area contributed by atoms with Crippen LogP contribution in [-0.4, -0.2) is 24.6 Å². The van der Waals surface area contributed by atoms with Gasteiger partial charge in [-0.2, -0.15) is 11.8 Å². The van der Waals surface area contributed by atoms with E-state index in [9.17, 15) is 0 Å². The molecule has 1 N–H and O–H groups in total. The molecule has 3 heteroatoms. The summed E-state index contributed by atoms with van der Waals surface area (Å²) >= 11 is 5.73. The van der Waals surface area contributed by atoms with Gasteiger partial charge in [-0.1, -0.05) is 41.9 Å². The highest BCUT2D eigenvalue weighted by atomic mass is 79.9. The van der Waals surface area contributed by atoms with Crippen LogP contribution in [0.5, 0.6) is 0 Å². The Morgan fingerprint density at radius 2 is 1.95 bits per heavy atom. The second kappa shape index (κ2) is 5.66. The summed E-state index contributed by atoms with van der Waals surface area (Å²) in [7, 11) is 0. The predicted octanol–water partition coefficient (Wildman–Crippen LogP) is 4.68. The Bertz CT molecular complexity index is 464. The lowest BCUT2D eigenvalue weighted by atomic mass is 9.54. The van der Waals surface area contributed by atoms with Gasteiger partial charge in [-0.05, 0) is 53.7 Å². The van der Waals surface area contributed by atoms with Gasteiger partial charge in [0.2, 0.25) is 0 Å². The standard InChI is InChI=1S/C17H24BrNS/c1-16(2)8-10-20-12-17(16)7-9-19-11-15(17)13-3-5-14(18)6-4-13/h3-6,15,19H,7-12H2,1-2H3. The van der Waals surface area contributed by atoms with Gasteiger partial charge in [0.05, 0.1) is 0 Å². The lowest BCUT2D eigenvalue weighted by Gasteiger charge is -2.57. The third-order valence-electron chi connectivity index (χ3n) is 5.61. The number of nitrogens with one attached hydrogen (secondary N) is 1. The number of halogens is 1. The van der Waals surface area contributed by atoms with Crippen molar-refractivity contribution in [1.29, 1.82) is 0 Å². The first-order valence-electron chi connectivity index (χ1n) is 7.59. The van der Waals surface area contributed by atoms with Gasteiger partial charge >= 0.3 is 0 Å². The highest BCUT2D eigenvalue weighted by Crippen LogP contribution is 2.58. The maximum absolute atomic E-state index is 3.64. The topological polar surface area (TPSA) is 12.0 Å². The SMILES string of the molecule is CC1(C)CCSCC12CCNCC2c1ccc(Br)cc1. The lowest BCUT2D eigenvalue weighted by Crippen LogP contribution is -2.54. The van der Waals surface area contributed by atoms with Crippen LogP contribution in [0.4, 0.5) is 0 Å². The molecule has 2 aliphatic heterocycles. The van der Waals surface area contributed by atoms with Crippen molar-refractivity contribution in [2.24, 2.45) is 10.8 Å². The lowest BCUT2D eigenvalue weighted by molar-refractivity contribution is 0.0255. The summed E-state index contributed by atoms with van der Waals surface area (Å²) in [6.45, 7) is 7.32. The summed E-state index contributed by atoms with van der Waals surface area (Å²) < 4.78 is 1.18. The maximum Gasteiger partial charge on any atom is 0.0175 e. The Morgan fingerprint density at radius 1 is 1.20 bits per heavy atom. The summed E-state index contributed by atoms with van der Waals surface area (Å²) in [6.07, 6.45) is 2.67. The molecule has 1 aromatic rings. The minimum atomic E-state index is 0.443. The first kappa shape index (κ1) is 14.9. The first-order chi connectivity index (χ1) is 9.55. The van der Waals surface area contributed by atoms with Crippen molar-refractivity contribution in [2.75, 3.05) is 24.6 Å². The van der Waals surface area contributed by atoms with Gasteiger partial charge in [0.1, 0.15) is 0 Å². The average Bonchev–Trinajstić information content (AvgIpc) is 2.44. The zero-order chi connectivity index (χ0) is 14.2. The molecule has 2 saturated heterocycles. The molecule has 2 fully saturated rings. The monoisotopic (exact) mass is 353 g/mol. The van der Waals surface area contributed by atoms with Crippen LogP contribution in [0.3, 0.4) is 0 Å². The minimum absolute atomic E-state index is 0.443. The molecule has 0 bridgehead atoms. The van der Waals surface area contributed by atoms with E-state index in [1.807, 2.05) is 0 Å². The summed E-state index contributed by atoms with van der Waals surface area (Å²) in [4.78, 5) is 0. The molecular formula is C17H24BrNS. The van der Waals surface area contributed by atoms with Crippen LogP contribution in [0.15, 0.2) is 28.7 Å². The van der Waals surface area contributed by atoms with E-state index in [2.05, 4.69) is 71.1 Å². The van der Waals surface area contributed by atoms with Crippen molar-refractivity contribution in [1.82, 2.24) is 5.32 Å². The molecule has 110 valence electrons. The zero-order valence-corrected chi connectivity index (χ0v) is 14.8. The Labute approximate surface area is 135 Å². The molecule has 20 heavy (non-hydrogen) atoms. The predicted molar refractivity (Wildman–Crippen MR) is 92.5 cm³/mol. The van der Waals surface area contributed by atoms with Gasteiger partial charge < -0.3 is 5.32 Å². The number of piperidine rings is 1. The Hall–Kier alpha value is 0.01000. The van der Waals surface area contributed by atoms with Crippen LogP contribution in [-0.2, 0) is 0 Å². The first-order valence-corrected chi connectivity index (χ1v) is 9.54. The Kier molecular flexibility index (Phi) is 4.22. The summed E-state index contributed by atoms with van der Waals surface area (Å²) in [5.74, 6) is 3.30. The second-order valence-electron chi connectivity index (χ2n) is 6.90. The molecule has 1 nitrogen and oxygen atoms in total. The molecule has 1 spiro atoms. The zero-order valence-electron chi connectivity index (χ0n) is 12.4. The molecule has 0 amide bonds. The van der Waals surface area contributed by atoms with E-state index in [4.69, 9.17) is 0 Å². The number of rotatable bonds is 1. The van der Waals surface area contributed by atoms with Crippen molar-refractivity contribution in [2.45, 2.75) is 32.6 Å². The summed E-state index contributed by atoms with van der Waals surface area (Å²) in [6, 6.07) is 9.03. The van der Waals surface area contributed by atoms with Crippen LogP contribution in [0.25, 0.3) is 0 Å². The Morgan fingerprint density at radius 3 is 2.65 bits per heavy atom. The molecule has 2 aliphatic rings. The Balaban J connectivity index is 2.00. The van der Waals surface area contributed by atoms with Gasteiger partial charge in [0.25, 0.3) is 0 Å². The normalized spacial score (nSPS) is 33.2. The fraction of sp³-hybridized carbons (Fsp3) is 0.647. The number of thioether (sulfide) groups is 1. The number of benzene rings is 1. The van der Waals surface area contributed by atoms with Crippen molar-refractivity contribution >= 4 is 27.7 Å². The van der Waals surface area contributed by atoms with E-state index in [0.717, 1.165) is 6.54 Å². The fourth-order valence-corrected chi connectivity index (χ4v) is 6.23. The fourth-order valence-electron chi connectivity index (χ4n) is 4.07. The minimum Gasteiger partial charge on any atom is -0.316 e. The quantitative estimate of drug-likeness (QED) is 0.786. The third kappa shape index (κ3) is 2.46. The van der Waals surface area contributed by atoms with Crippen LogP contribution in [0.2, 0.25) is 0 Å². The highest BCUT2D eigenvalue weighted by molar-refractivity contribution is 9.10. The van der Waals surface area contributed by atoms with Crippen LogP contribution >= 0.6 is 27.7 Å². The summed E-state index contributed by atoms with van der Waals surface area (Å²) in [5, 5.41) is 3.64. The van der Waals surface area contributed by atoms with Gasteiger partial charge in [-0.3, -0.25) is 0 Å². The van der Waals surface area contributed by atoms with E-state index in [1.54, 1.807) is 0 Å². The van der Waals surface area contributed by atoms with Crippen molar-refractivity contribution in [3.63, 3.8) is 0 Å². The van der Waals surface area contributed by atoms with Crippen molar-refractivity contribution in [3.8, 4) is 0 Å². The van der Waals surface area contributed by atoms with Crippen LogP contribution in [0.1, 0.15) is 38.2 Å². The number of hydrogen-bond donors (Lipinski definition) is 1. The molecule has 1 aromatic carbocycles. The van der Waals surface area contributed by atoms with Crippen LogP contribution < -0.4 is 5.32 Å². The van der Waals surface area contributed by atoms with Crippen molar-refractivity contribution < 1.29 is 0 Å². The van der Waals surface area contributed by atoms with E-state index < -0.39 is 0 Å². The maximum atomic E-state index is 3.64. The second-order valence-corrected chi connectivity index (χ2v) is 8.92. The summed E-state index contributed by atoms with van der Waals surface area (Å²) in [5.41, 5.74) is 2.41. The van der Waals surface area contributed by atoms with Gasteiger partial charge in [-0.15, -0.1) is 0 Å². The molecule has 0 aromatic heterocycles. The third-order valence-corrected chi connectivity index (χ3v) is 7.36. The van der Waals surface area contributed by atoms with E-state index in [-0.39, 0.29) is 0 Å². The van der Waals surface area contributed by atoms with Gasteiger partial charge in [0.15, 0.2) is 0 Å². The molecule has 0 saturated carbocycles. The van der Waals surface area contributed by atoms with E-state index in [0.29, 0.717) is 16.7 Å². The molecule has 0 radical (unpaired) electrons. The molecule has 2 heterocycles. The molecule has 0 aliphatic carbocycles. The smallest absolute Gasteiger partial charge is 0.0175 e. The van der Waals surface area contributed by atoms with Gasteiger partial charge in [-0.25, -0.2) is 0 Å². The molecular weight excluding hydrogens is 330 g/mol. The van der Waals surface area contributed by atoms with Crippen molar-refractivity contribution in [3.05, 3.63) is 34.3 Å². The highest BCUT2D eigenvalue weighted by Gasteiger charge is 2.52. The van der Waals surface area contributed by atoms with Gasteiger partial charge in [0, 0.05) is 22.7 Å². The van der Waals surface area contributed by atoms with E-state index in [1.165, 1.54) is 40.9 Å². The molecule has 2 unspecified atom stereocenters. The number of hydrogen-bond acceptors (Lipinski definition) is 2.